The largest absolute Gasteiger partial charge is 0.480 e. The number of thiol groups is 2. The van der Waals surface area contributed by atoms with Gasteiger partial charge in [-0.25, -0.2) is 4.79 Å². The van der Waals surface area contributed by atoms with Gasteiger partial charge in [-0.05, 0) is 44.1 Å². The Morgan fingerprint density at radius 2 is 1.31 bits per heavy atom. The van der Waals surface area contributed by atoms with E-state index in [4.69, 9.17) is 11.5 Å². The third-order valence-corrected chi connectivity index (χ3v) is 8.06. The van der Waals surface area contributed by atoms with E-state index in [0.29, 0.717) is 25.8 Å². The van der Waals surface area contributed by atoms with E-state index in [-0.39, 0.29) is 30.3 Å². The molecule has 48 heavy (non-hydrogen) atoms. The molecule has 0 heterocycles. The second-order valence-electron chi connectivity index (χ2n) is 11.8. The molecule has 0 saturated carbocycles. The Balaban J connectivity index is 5.79. The Bertz CT molecular complexity index is 1090. The summed E-state index contributed by atoms with van der Waals surface area (Å²) >= 11 is 7.87. The number of carboxylic acids is 1. The predicted octanol–water partition coefficient (Wildman–Crippen LogP) is -2.99. The van der Waals surface area contributed by atoms with Crippen LogP contribution in [0.4, 0.5) is 0 Å². The fourth-order valence-electron chi connectivity index (χ4n) is 4.23. The van der Waals surface area contributed by atoms with Gasteiger partial charge in [-0.15, -0.1) is 0 Å². The van der Waals surface area contributed by atoms with Gasteiger partial charge >= 0.3 is 5.97 Å². The maximum atomic E-state index is 13.5. The summed E-state index contributed by atoms with van der Waals surface area (Å²) in [7, 11) is 0. The first-order valence-electron chi connectivity index (χ1n) is 15.9. The van der Waals surface area contributed by atoms with Gasteiger partial charge in [0.25, 0.3) is 0 Å². The van der Waals surface area contributed by atoms with Gasteiger partial charge in [-0.1, -0.05) is 34.1 Å². The summed E-state index contributed by atoms with van der Waals surface area (Å²) in [5, 5.41) is 33.6. The molecule has 0 saturated heterocycles. The zero-order valence-corrected chi connectivity index (χ0v) is 29.8. The topological polar surface area (TPSA) is 284 Å². The van der Waals surface area contributed by atoms with Crippen molar-refractivity contribution in [1.29, 1.82) is 0 Å². The Hall–Kier alpha value is -3.13. The summed E-state index contributed by atoms with van der Waals surface area (Å²) in [5.41, 5.74) is 11.2. The third kappa shape index (κ3) is 16.8. The molecular weight excluding hydrogens is 669 g/mol. The van der Waals surface area contributed by atoms with Crippen molar-refractivity contribution >= 4 is 66.7 Å². The minimum Gasteiger partial charge on any atom is -0.480 e. The number of aliphatic hydroxyl groups is 1. The molecule has 7 atom stereocenters. The number of carbonyl (C=O) groups excluding carboxylic acids is 6. The minimum absolute atomic E-state index is 0.00129. The normalized spacial score (nSPS) is 15.5. The number of aliphatic hydroxyl groups excluding tert-OH is 1. The summed E-state index contributed by atoms with van der Waals surface area (Å²) in [6.07, 6.45) is 1.77. The third-order valence-electron chi connectivity index (χ3n) is 7.30. The fraction of sp³-hybridized carbons (Fsp3) is 0.759. The van der Waals surface area contributed by atoms with Crippen molar-refractivity contribution in [3.05, 3.63) is 0 Å². The Morgan fingerprint density at radius 1 is 0.729 bits per heavy atom. The number of carboxylic acid groups (broad SMARTS) is 1. The molecule has 0 bridgehead atoms. The average molecular weight is 723 g/mol. The number of carbonyl (C=O) groups is 7. The van der Waals surface area contributed by atoms with Gasteiger partial charge in [0.05, 0.1) is 19.2 Å². The van der Waals surface area contributed by atoms with Crippen LogP contribution in [-0.4, -0.2) is 119 Å². The lowest BCUT2D eigenvalue weighted by atomic mass is 9.96. The van der Waals surface area contributed by atoms with Crippen molar-refractivity contribution in [3.63, 3.8) is 0 Å². The maximum absolute atomic E-state index is 13.5. The second-order valence-corrected chi connectivity index (χ2v) is 12.5. The van der Waals surface area contributed by atoms with Gasteiger partial charge in [0.1, 0.15) is 30.2 Å². The summed E-state index contributed by atoms with van der Waals surface area (Å²) in [6.45, 7) is 6.13. The number of aliphatic carboxylic acids is 1. The molecular formula is C29H54N8O9S2. The maximum Gasteiger partial charge on any atom is 0.327 e. The van der Waals surface area contributed by atoms with E-state index in [9.17, 15) is 43.8 Å². The molecule has 17 nitrogen and oxygen atoms in total. The van der Waals surface area contributed by atoms with E-state index in [0.717, 1.165) is 0 Å². The zero-order valence-electron chi connectivity index (χ0n) is 28.0. The number of nitrogens with two attached hydrogens (primary N) is 2. The van der Waals surface area contributed by atoms with Crippen LogP contribution in [0.1, 0.15) is 59.8 Å². The second kappa shape index (κ2) is 24.1. The first kappa shape index (κ1) is 44.9. The van der Waals surface area contributed by atoms with Crippen LogP contribution < -0.4 is 43.4 Å². The molecule has 276 valence electrons. The van der Waals surface area contributed by atoms with Crippen molar-refractivity contribution in [2.75, 3.05) is 31.2 Å². The van der Waals surface area contributed by atoms with E-state index in [1.165, 1.54) is 0 Å². The van der Waals surface area contributed by atoms with Crippen LogP contribution in [0, 0.1) is 11.8 Å². The number of amides is 6. The van der Waals surface area contributed by atoms with Gasteiger partial charge in [0.2, 0.25) is 35.4 Å². The van der Waals surface area contributed by atoms with Gasteiger partial charge in [0.15, 0.2) is 0 Å². The number of rotatable bonds is 24. The molecule has 0 aliphatic carbocycles. The summed E-state index contributed by atoms with van der Waals surface area (Å²) in [4.78, 5) is 88.7. The van der Waals surface area contributed by atoms with Crippen molar-refractivity contribution in [1.82, 2.24) is 31.9 Å². The van der Waals surface area contributed by atoms with Crippen LogP contribution in [0.15, 0.2) is 0 Å². The Kier molecular flexibility index (Phi) is 22.5. The molecule has 0 spiro atoms. The standard InChI is InChI=1S/C29H54N8O9S2/c1-5-16(4)23(28(44)36-21(14-48)29(45)46)37-27(43)19(10-15(2)3)34-26(42)18(8-6-7-9-30)33-22(39)11-32-25(41)20(12-38)35-24(40)17(31)13-47/h15-21,23,38,47-48H,5-14,30-31H2,1-4H3,(H,32,41)(H,33,39)(H,34,42)(H,35,40)(H,36,44)(H,37,43)(H,45,46)/t16-,17-,18-,19-,20-,21-,23-/m0/s1. The quantitative estimate of drug-likeness (QED) is 0.0353. The fourth-order valence-corrected chi connectivity index (χ4v) is 4.64. The first-order valence-corrected chi connectivity index (χ1v) is 17.1. The molecule has 0 aromatic carbocycles. The molecule has 0 aliphatic heterocycles. The van der Waals surface area contributed by atoms with Gasteiger partial charge in [0, 0.05) is 11.5 Å². The highest BCUT2D eigenvalue weighted by Gasteiger charge is 2.33. The highest BCUT2D eigenvalue weighted by atomic mass is 32.1. The molecule has 0 rings (SSSR count). The van der Waals surface area contributed by atoms with Gasteiger partial charge in [-0.3, -0.25) is 28.8 Å². The molecule has 19 heteroatoms. The van der Waals surface area contributed by atoms with E-state index in [1.807, 2.05) is 13.8 Å². The number of hydrogen-bond donors (Lipinski definition) is 12. The average Bonchev–Trinajstić information content (AvgIpc) is 3.04. The lowest BCUT2D eigenvalue weighted by Crippen LogP contribution is -2.59. The van der Waals surface area contributed by atoms with E-state index in [1.54, 1.807) is 13.8 Å². The smallest absolute Gasteiger partial charge is 0.327 e. The predicted molar refractivity (Wildman–Crippen MR) is 185 cm³/mol. The minimum atomic E-state index is -1.38. The van der Waals surface area contributed by atoms with Crippen LogP contribution in [-0.2, 0) is 33.6 Å². The summed E-state index contributed by atoms with van der Waals surface area (Å²) < 4.78 is 0. The monoisotopic (exact) mass is 722 g/mol. The molecule has 6 amide bonds. The Labute approximate surface area is 292 Å². The number of hydrogen-bond acceptors (Lipinski definition) is 12. The molecule has 12 N–H and O–H groups in total. The van der Waals surface area contributed by atoms with Gasteiger partial charge < -0.3 is 53.6 Å². The lowest BCUT2D eigenvalue weighted by molar-refractivity contribution is -0.142. The Morgan fingerprint density at radius 3 is 1.81 bits per heavy atom. The van der Waals surface area contributed by atoms with Crippen LogP contribution >= 0.6 is 25.3 Å². The van der Waals surface area contributed by atoms with Crippen molar-refractivity contribution in [3.8, 4) is 0 Å². The molecule has 0 unspecified atom stereocenters. The molecule has 0 aromatic rings. The lowest BCUT2D eigenvalue weighted by Gasteiger charge is -2.29. The molecule has 0 fully saturated rings. The van der Waals surface area contributed by atoms with Crippen LogP contribution in [0.2, 0.25) is 0 Å². The molecule has 0 radical (unpaired) electrons. The van der Waals surface area contributed by atoms with E-state index >= 15 is 0 Å². The van der Waals surface area contributed by atoms with Crippen LogP contribution in [0.25, 0.3) is 0 Å². The van der Waals surface area contributed by atoms with Crippen molar-refractivity contribution in [2.24, 2.45) is 23.3 Å². The first-order chi connectivity index (χ1) is 22.6. The molecule has 0 aromatic heterocycles. The number of nitrogens with one attached hydrogen (secondary N) is 6. The zero-order chi connectivity index (χ0) is 37.0. The van der Waals surface area contributed by atoms with Crippen LogP contribution in [0.5, 0.6) is 0 Å². The van der Waals surface area contributed by atoms with Crippen molar-refractivity contribution in [2.45, 2.75) is 96.1 Å². The van der Waals surface area contributed by atoms with Crippen molar-refractivity contribution < 1.29 is 43.8 Å². The SMILES string of the molecule is CC[C@H](C)[C@H](NC(=O)[C@H](CC(C)C)NC(=O)[C@H](CCCCN)NC(=O)CNC(=O)[C@H](CO)NC(=O)[C@@H](N)CS)C(=O)N[C@@H](CS)C(=O)O. The molecule has 0 aliphatic rings. The van der Waals surface area contributed by atoms with Crippen LogP contribution in [0.3, 0.4) is 0 Å². The van der Waals surface area contributed by atoms with Gasteiger partial charge in [-0.2, -0.15) is 25.3 Å². The highest BCUT2D eigenvalue weighted by Crippen LogP contribution is 2.12. The highest BCUT2D eigenvalue weighted by molar-refractivity contribution is 7.80. The summed E-state index contributed by atoms with van der Waals surface area (Å²) in [5.74, 6) is -6.37. The van der Waals surface area contributed by atoms with E-state index in [2.05, 4.69) is 57.2 Å². The van der Waals surface area contributed by atoms with E-state index < -0.39 is 96.7 Å². The number of unbranched alkanes of at least 4 members (excludes halogenated alkanes) is 1. The summed E-state index contributed by atoms with van der Waals surface area (Å²) in [6, 6.07) is -7.05.